The molecule has 0 fully saturated rings. The second kappa shape index (κ2) is 10.5. The maximum Gasteiger partial charge on any atom is 0.134 e. The van der Waals surface area contributed by atoms with Crippen molar-refractivity contribution in [3.05, 3.63) is 60.2 Å². The van der Waals surface area contributed by atoms with Crippen molar-refractivity contribution in [3.63, 3.8) is 0 Å². The number of Topliss-reactive ketones (excluding diaryl/α,β-unsaturated/α-hetero) is 1. The molecular formula is C20H25NO4. The van der Waals surface area contributed by atoms with E-state index in [1.54, 1.807) is 6.92 Å². The van der Waals surface area contributed by atoms with Crippen molar-refractivity contribution in [1.82, 2.24) is 5.06 Å². The van der Waals surface area contributed by atoms with E-state index >= 15 is 0 Å². The standard InChI is InChI=1S/C20H25NO4/c1-17(22)16-18-8-10-20(11-9-18)25-15-13-21(23)12-5-14-24-19-6-3-2-4-7-19/h2-4,6-11,23H,5,12-16H2,1H3. The summed E-state index contributed by atoms with van der Waals surface area (Å²) >= 11 is 0. The molecule has 0 heterocycles. The van der Waals surface area contributed by atoms with Crippen LogP contribution in [0.15, 0.2) is 54.6 Å². The van der Waals surface area contributed by atoms with Gasteiger partial charge in [-0.15, -0.1) is 0 Å². The summed E-state index contributed by atoms with van der Waals surface area (Å²) in [6, 6.07) is 17.1. The lowest BCUT2D eigenvalue weighted by Gasteiger charge is -2.15. The van der Waals surface area contributed by atoms with Gasteiger partial charge in [0.25, 0.3) is 0 Å². The molecule has 5 heteroatoms. The lowest BCUT2D eigenvalue weighted by molar-refractivity contribution is -0.116. The molecule has 0 spiro atoms. The average molecular weight is 343 g/mol. The van der Waals surface area contributed by atoms with E-state index in [4.69, 9.17) is 9.47 Å². The number of hydroxylamine groups is 2. The minimum absolute atomic E-state index is 0.140. The third-order valence-corrected chi connectivity index (χ3v) is 3.57. The number of benzene rings is 2. The molecule has 0 aliphatic rings. The monoisotopic (exact) mass is 343 g/mol. The Kier molecular flexibility index (Phi) is 7.95. The molecule has 25 heavy (non-hydrogen) atoms. The molecule has 0 unspecified atom stereocenters. The van der Waals surface area contributed by atoms with Crippen molar-refractivity contribution < 1.29 is 19.5 Å². The number of nitrogens with zero attached hydrogens (tertiary/aromatic N) is 1. The van der Waals surface area contributed by atoms with Gasteiger partial charge in [-0.3, -0.25) is 4.79 Å². The first-order chi connectivity index (χ1) is 12.1. The smallest absolute Gasteiger partial charge is 0.134 e. The van der Waals surface area contributed by atoms with Crippen molar-refractivity contribution in [3.8, 4) is 11.5 Å². The van der Waals surface area contributed by atoms with Gasteiger partial charge in [-0.25, -0.2) is 0 Å². The third-order valence-electron chi connectivity index (χ3n) is 3.57. The molecule has 1 N–H and O–H groups in total. The fourth-order valence-electron chi connectivity index (χ4n) is 2.33. The van der Waals surface area contributed by atoms with Crippen LogP contribution < -0.4 is 9.47 Å². The molecular weight excluding hydrogens is 318 g/mol. The van der Waals surface area contributed by atoms with Crippen LogP contribution in [0, 0.1) is 0 Å². The Labute approximate surface area is 148 Å². The summed E-state index contributed by atoms with van der Waals surface area (Å²) in [6.45, 7) is 3.46. The van der Waals surface area contributed by atoms with Crippen molar-refractivity contribution >= 4 is 5.78 Å². The summed E-state index contributed by atoms with van der Waals surface area (Å²) in [4.78, 5) is 11.1. The lowest BCUT2D eigenvalue weighted by Crippen LogP contribution is -2.27. The number of carbonyl (C=O) groups excluding carboxylic acids is 1. The van der Waals surface area contributed by atoms with E-state index in [1.165, 1.54) is 5.06 Å². The van der Waals surface area contributed by atoms with E-state index in [-0.39, 0.29) is 5.78 Å². The number of hydrogen-bond acceptors (Lipinski definition) is 5. The largest absolute Gasteiger partial charge is 0.494 e. The Balaban J connectivity index is 1.57. The van der Waals surface area contributed by atoms with Crippen LogP contribution >= 0.6 is 0 Å². The quantitative estimate of drug-likeness (QED) is 0.501. The molecule has 5 nitrogen and oxygen atoms in total. The summed E-state index contributed by atoms with van der Waals surface area (Å²) in [5, 5.41) is 11.1. The van der Waals surface area contributed by atoms with E-state index < -0.39 is 0 Å². The lowest BCUT2D eigenvalue weighted by atomic mass is 10.1. The first-order valence-electron chi connectivity index (χ1n) is 8.46. The summed E-state index contributed by atoms with van der Waals surface area (Å²) in [7, 11) is 0. The van der Waals surface area contributed by atoms with Crippen molar-refractivity contribution in [2.24, 2.45) is 0 Å². The number of rotatable bonds is 11. The molecule has 2 aromatic rings. The van der Waals surface area contributed by atoms with Gasteiger partial charge in [0.15, 0.2) is 0 Å². The van der Waals surface area contributed by atoms with Crippen LogP contribution in [0.4, 0.5) is 0 Å². The minimum atomic E-state index is 0.140. The van der Waals surface area contributed by atoms with Gasteiger partial charge in [0.1, 0.15) is 23.9 Å². The van der Waals surface area contributed by atoms with Gasteiger partial charge in [-0.2, -0.15) is 5.06 Å². The summed E-state index contributed by atoms with van der Waals surface area (Å²) in [5.41, 5.74) is 0.974. The molecule has 0 aliphatic heterocycles. The van der Waals surface area contributed by atoms with Crippen LogP contribution in [0.3, 0.4) is 0 Å². The number of ether oxygens (including phenoxy) is 2. The van der Waals surface area contributed by atoms with Gasteiger partial charge in [0, 0.05) is 13.0 Å². The SMILES string of the molecule is CC(=O)Cc1ccc(OCCN(O)CCCOc2ccccc2)cc1. The topological polar surface area (TPSA) is 59.0 Å². The summed E-state index contributed by atoms with van der Waals surface area (Å²) in [6.07, 6.45) is 1.17. The molecule has 2 aromatic carbocycles. The predicted molar refractivity (Wildman–Crippen MR) is 96.2 cm³/mol. The molecule has 0 radical (unpaired) electrons. The predicted octanol–water partition coefficient (Wildman–Crippen LogP) is 3.36. The van der Waals surface area contributed by atoms with E-state index in [0.717, 1.165) is 23.5 Å². The summed E-state index contributed by atoms with van der Waals surface area (Å²) in [5.74, 6) is 1.71. The molecule has 0 aliphatic carbocycles. The van der Waals surface area contributed by atoms with Gasteiger partial charge in [0.05, 0.1) is 13.2 Å². The van der Waals surface area contributed by atoms with Gasteiger partial charge in [-0.05, 0) is 43.2 Å². The zero-order valence-electron chi connectivity index (χ0n) is 14.6. The maximum atomic E-state index is 11.1. The molecule has 0 atom stereocenters. The van der Waals surface area contributed by atoms with E-state index in [2.05, 4.69) is 0 Å². The van der Waals surface area contributed by atoms with Gasteiger partial charge >= 0.3 is 0 Å². The Morgan fingerprint density at radius 2 is 1.56 bits per heavy atom. The van der Waals surface area contributed by atoms with Crippen molar-refractivity contribution in [2.45, 2.75) is 19.8 Å². The van der Waals surface area contributed by atoms with E-state index in [0.29, 0.717) is 32.7 Å². The Hall–Kier alpha value is -2.37. The Bertz CT molecular complexity index is 628. The molecule has 2 rings (SSSR count). The average Bonchev–Trinajstić information content (AvgIpc) is 2.61. The third kappa shape index (κ3) is 7.83. The molecule has 0 amide bonds. The highest BCUT2D eigenvalue weighted by Crippen LogP contribution is 2.13. The van der Waals surface area contributed by atoms with Crippen LogP contribution in [0.25, 0.3) is 0 Å². The zero-order chi connectivity index (χ0) is 17.9. The molecule has 134 valence electrons. The first kappa shape index (κ1) is 19.0. The summed E-state index contributed by atoms with van der Waals surface area (Å²) < 4.78 is 11.2. The zero-order valence-corrected chi connectivity index (χ0v) is 14.6. The van der Waals surface area contributed by atoms with E-state index in [1.807, 2.05) is 54.6 Å². The second-order valence-electron chi connectivity index (χ2n) is 5.84. The Morgan fingerprint density at radius 3 is 2.24 bits per heavy atom. The second-order valence-corrected chi connectivity index (χ2v) is 5.84. The van der Waals surface area contributed by atoms with Crippen molar-refractivity contribution in [2.75, 3.05) is 26.3 Å². The molecule has 0 saturated carbocycles. The number of para-hydroxylation sites is 1. The Morgan fingerprint density at radius 1 is 0.920 bits per heavy atom. The van der Waals surface area contributed by atoms with Crippen LogP contribution in [0.5, 0.6) is 11.5 Å². The van der Waals surface area contributed by atoms with Crippen LogP contribution in [0.2, 0.25) is 0 Å². The first-order valence-corrected chi connectivity index (χ1v) is 8.46. The fraction of sp³-hybridized carbons (Fsp3) is 0.350. The van der Waals surface area contributed by atoms with Crippen LogP contribution in [0.1, 0.15) is 18.9 Å². The molecule has 0 bridgehead atoms. The highest BCUT2D eigenvalue weighted by atomic mass is 16.5. The highest BCUT2D eigenvalue weighted by molar-refractivity contribution is 5.78. The van der Waals surface area contributed by atoms with E-state index in [9.17, 15) is 10.0 Å². The van der Waals surface area contributed by atoms with Crippen LogP contribution in [-0.4, -0.2) is 42.4 Å². The van der Waals surface area contributed by atoms with Crippen LogP contribution in [-0.2, 0) is 11.2 Å². The normalized spacial score (nSPS) is 10.7. The van der Waals surface area contributed by atoms with Gasteiger partial charge < -0.3 is 14.7 Å². The number of carbonyl (C=O) groups is 1. The maximum absolute atomic E-state index is 11.1. The fourth-order valence-corrected chi connectivity index (χ4v) is 2.33. The number of hydrogen-bond donors (Lipinski definition) is 1. The number of ketones is 1. The molecule has 0 aromatic heterocycles. The van der Waals surface area contributed by atoms with Gasteiger partial charge in [-0.1, -0.05) is 30.3 Å². The highest BCUT2D eigenvalue weighted by Gasteiger charge is 2.03. The molecule has 0 saturated heterocycles. The van der Waals surface area contributed by atoms with Crippen molar-refractivity contribution in [1.29, 1.82) is 0 Å². The van der Waals surface area contributed by atoms with Gasteiger partial charge in [0.2, 0.25) is 0 Å². The minimum Gasteiger partial charge on any atom is -0.494 e.